The van der Waals surface area contributed by atoms with Crippen molar-refractivity contribution in [3.8, 4) is 0 Å². The van der Waals surface area contributed by atoms with Crippen LogP contribution in [0.25, 0.3) is 0 Å². The second-order valence-electron chi connectivity index (χ2n) is 3.31. The standard InChI is InChI=1S/C7H16O3.C3H8/c1-3-7(4-8,5-9)6-10-2;1-3-2/h8-9H,3-6H2,1-2H3;3H2,1-2H3. The summed E-state index contributed by atoms with van der Waals surface area (Å²) in [6, 6.07) is 0. The number of methoxy groups -OCH3 is 1. The van der Waals surface area contributed by atoms with Crippen LogP contribution in [0.1, 0.15) is 33.6 Å². The van der Waals surface area contributed by atoms with Crippen molar-refractivity contribution in [1.29, 1.82) is 0 Å². The predicted octanol–water partition coefficient (Wildman–Crippen LogP) is 1.43. The van der Waals surface area contributed by atoms with Crippen LogP contribution in [-0.4, -0.2) is 37.1 Å². The Morgan fingerprint density at radius 2 is 1.46 bits per heavy atom. The van der Waals surface area contributed by atoms with Crippen molar-refractivity contribution in [2.24, 2.45) is 5.41 Å². The van der Waals surface area contributed by atoms with Crippen molar-refractivity contribution in [3.05, 3.63) is 0 Å². The third-order valence-electron chi connectivity index (χ3n) is 1.87. The molecule has 0 aromatic heterocycles. The highest BCUT2D eigenvalue weighted by molar-refractivity contribution is 4.75. The lowest BCUT2D eigenvalue weighted by molar-refractivity contribution is -0.0139. The van der Waals surface area contributed by atoms with Crippen LogP contribution in [0.3, 0.4) is 0 Å². The predicted molar refractivity (Wildman–Crippen MR) is 54.7 cm³/mol. The smallest absolute Gasteiger partial charge is 0.0562 e. The molecule has 0 rings (SSSR count). The Bertz CT molecular complexity index is 81.9. The van der Waals surface area contributed by atoms with Crippen LogP contribution >= 0.6 is 0 Å². The molecule has 0 saturated carbocycles. The first kappa shape index (κ1) is 15.4. The zero-order valence-electron chi connectivity index (χ0n) is 9.34. The SMILES string of the molecule is CCC.CCC(CO)(CO)COC. The van der Waals surface area contributed by atoms with Crippen LogP contribution in [0.4, 0.5) is 0 Å². The topological polar surface area (TPSA) is 49.7 Å². The van der Waals surface area contributed by atoms with Gasteiger partial charge in [-0.2, -0.15) is 0 Å². The van der Waals surface area contributed by atoms with Gasteiger partial charge in [0.1, 0.15) is 0 Å². The number of ether oxygens (including phenoxy) is 1. The molecule has 0 spiro atoms. The molecule has 0 aliphatic rings. The van der Waals surface area contributed by atoms with Gasteiger partial charge in [-0.1, -0.05) is 27.2 Å². The van der Waals surface area contributed by atoms with Crippen molar-refractivity contribution in [2.45, 2.75) is 33.6 Å². The molecule has 0 aliphatic carbocycles. The van der Waals surface area contributed by atoms with E-state index >= 15 is 0 Å². The first-order valence-corrected chi connectivity index (χ1v) is 4.86. The van der Waals surface area contributed by atoms with E-state index in [9.17, 15) is 0 Å². The van der Waals surface area contributed by atoms with E-state index in [1.807, 2.05) is 6.92 Å². The molecule has 2 N–H and O–H groups in total. The van der Waals surface area contributed by atoms with E-state index in [1.165, 1.54) is 6.42 Å². The lowest BCUT2D eigenvalue weighted by atomic mass is 9.88. The lowest BCUT2D eigenvalue weighted by Gasteiger charge is -2.26. The summed E-state index contributed by atoms with van der Waals surface area (Å²) in [5.41, 5.74) is -0.436. The Morgan fingerprint density at radius 3 is 1.54 bits per heavy atom. The second-order valence-corrected chi connectivity index (χ2v) is 3.31. The molecule has 13 heavy (non-hydrogen) atoms. The lowest BCUT2D eigenvalue weighted by Crippen LogP contribution is -2.33. The summed E-state index contributed by atoms with van der Waals surface area (Å²) < 4.78 is 4.86. The molecule has 0 atom stereocenters. The van der Waals surface area contributed by atoms with Gasteiger partial charge >= 0.3 is 0 Å². The molecule has 0 radical (unpaired) electrons. The summed E-state index contributed by atoms with van der Waals surface area (Å²) in [6.07, 6.45) is 1.98. The number of aliphatic hydroxyl groups excluding tert-OH is 2. The van der Waals surface area contributed by atoms with Gasteiger partial charge in [0.15, 0.2) is 0 Å². The summed E-state index contributed by atoms with van der Waals surface area (Å²) in [6.45, 7) is 6.55. The second kappa shape index (κ2) is 9.96. The summed E-state index contributed by atoms with van der Waals surface area (Å²) in [5.74, 6) is 0. The van der Waals surface area contributed by atoms with E-state index in [4.69, 9.17) is 14.9 Å². The molecule has 3 nitrogen and oxygen atoms in total. The summed E-state index contributed by atoms with van der Waals surface area (Å²) in [4.78, 5) is 0. The average Bonchev–Trinajstić information content (AvgIpc) is 2.16. The van der Waals surface area contributed by atoms with Gasteiger partial charge in [-0.25, -0.2) is 0 Å². The number of aliphatic hydroxyl groups is 2. The van der Waals surface area contributed by atoms with Gasteiger partial charge < -0.3 is 14.9 Å². The van der Waals surface area contributed by atoms with Crippen LogP contribution in [0.15, 0.2) is 0 Å². The molecule has 0 unspecified atom stereocenters. The summed E-state index contributed by atoms with van der Waals surface area (Å²) in [7, 11) is 1.57. The van der Waals surface area contributed by atoms with Crippen molar-refractivity contribution in [2.75, 3.05) is 26.9 Å². The maximum absolute atomic E-state index is 8.87. The molecule has 0 aromatic carbocycles. The fraction of sp³-hybridized carbons (Fsp3) is 1.00. The van der Waals surface area contributed by atoms with Crippen LogP contribution in [-0.2, 0) is 4.74 Å². The fourth-order valence-electron chi connectivity index (χ4n) is 0.773. The van der Waals surface area contributed by atoms with Gasteiger partial charge in [0.25, 0.3) is 0 Å². The molecule has 0 saturated heterocycles. The number of rotatable bonds is 5. The zero-order valence-corrected chi connectivity index (χ0v) is 9.34. The van der Waals surface area contributed by atoms with Crippen molar-refractivity contribution < 1.29 is 14.9 Å². The van der Waals surface area contributed by atoms with E-state index in [0.717, 1.165) is 6.42 Å². The minimum atomic E-state index is -0.436. The number of hydrogen-bond acceptors (Lipinski definition) is 3. The monoisotopic (exact) mass is 192 g/mol. The number of hydrogen-bond donors (Lipinski definition) is 2. The Balaban J connectivity index is 0. The molecule has 0 amide bonds. The molecule has 0 fully saturated rings. The van der Waals surface area contributed by atoms with Gasteiger partial charge in [-0.3, -0.25) is 0 Å². The third kappa shape index (κ3) is 6.99. The van der Waals surface area contributed by atoms with Crippen molar-refractivity contribution in [1.82, 2.24) is 0 Å². The van der Waals surface area contributed by atoms with Crippen molar-refractivity contribution >= 4 is 0 Å². The molecular formula is C10H24O3. The Hall–Kier alpha value is -0.120. The Morgan fingerprint density at radius 1 is 1.08 bits per heavy atom. The normalized spacial score (nSPS) is 10.6. The van der Waals surface area contributed by atoms with Gasteiger partial charge in [0.05, 0.1) is 19.8 Å². The minimum Gasteiger partial charge on any atom is -0.396 e. The Kier molecular flexibility index (Phi) is 11.8. The van der Waals surface area contributed by atoms with Crippen LogP contribution in [0, 0.1) is 5.41 Å². The highest BCUT2D eigenvalue weighted by Gasteiger charge is 2.26. The first-order valence-electron chi connectivity index (χ1n) is 4.86. The van der Waals surface area contributed by atoms with Gasteiger partial charge in [-0.05, 0) is 6.42 Å². The highest BCUT2D eigenvalue weighted by atomic mass is 16.5. The van der Waals surface area contributed by atoms with Crippen LogP contribution in [0.5, 0.6) is 0 Å². The summed E-state index contributed by atoms with van der Waals surface area (Å²) >= 11 is 0. The molecule has 0 aliphatic heterocycles. The Labute approximate surface area is 81.7 Å². The van der Waals surface area contributed by atoms with Crippen LogP contribution < -0.4 is 0 Å². The minimum absolute atomic E-state index is 0.0200. The first-order chi connectivity index (χ1) is 6.16. The molecule has 82 valence electrons. The molecular weight excluding hydrogens is 168 g/mol. The maximum Gasteiger partial charge on any atom is 0.0562 e. The largest absolute Gasteiger partial charge is 0.396 e. The van der Waals surface area contributed by atoms with Gasteiger partial charge in [0, 0.05) is 12.5 Å². The molecule has 3 heteroatoms. The fourth-order valence-corrected chi connectivity index (χ4v) is 0.773. The maximum atomic E-state index is 8.87. The summed E-state index contributed by atoms with van der Waals surface area (Å²) in [5, 5.41) is 17.7. The van der Waals surface area contributed by atoms with Gasteiger partial charge in [-0.15, -0.1) is 0 Å². The van der Waals surface area contributed by atoms with E-state index in [2.05, 4.69) is 13.8 Å². The van der Waals surface area contributed by atoms with E-state index in [-0.39, 0.29) is 13.2 Å². The quantitative estimate of drug-likeness (QED) is 0.693. The average molecular weight is 192 g/mol. The van der Waals surface area contributed by atoms with Crippen molar-refractivity contribution in [3.63, 3.8) is 0 Å². The molecule has 0 bridgehead atoms. The van der Waals surface area contributed by atoms with Gasteiger partial charge in [0.2, 0.25) is 0 Å². The third-order valence-corrected chi connectivity index (χ3v) is 1.87. The molecule has 0 heterocycles. The highest BCUT2D eigenvalue weighted by Crippen LogP contribution is 2.19. The van der Waals surface area contributed by atoms with E-state index in [1.54, 1.807) is 7.11 Å². The molecule has 0 aromatic rings. The van der Waals surface area contributed by atoms with E-state index in [0.29, 0.717) is 6.61 Å². The van der Waals surface area contributed by atoms with E-state index < -0.39 is 5.41 Å². The zero-order chi connectivity index (χ0) is 10.7. The van der Waals surface area contributed by atoms with Crippen LogP contribution in [0.2, 0.25) is 0 Å².